The van der Waals surface area contributed by atoms with E-state index < -0.39 is 29.7 Å². The number of nitrogens with two attached hydrogens (primary N) is 1. The van der Waals surface area contributed by atoms with Crippen molar-refractivity contribution in [3.63, 3.8) is 0 Å². The fraction of sp³-hybridized carbons (Fsp3) is 0.846. The van der Waals surface area contributed by atoms with Gasteiger partial charge in [-0.05, 0) is 33.2 Å². The Morgan fingerprint density at radius 2 is 2.10 bits per heavy atom. The first kappa shape index (κ1) is 15.2. The molecular formula is C13H23N3O4. The lowest BCUT2D eigenvalue weighted by Gasteiger charge is -2.54. The number of β-lactam (4-membered cyclic amide) rings is 1. The molecule has 2 fully saturated rings. The standard InChI is InChI=1S/C13H23N3O4/c1-8(17)6-15-5-3-4-13(15)7-16(12(13)20)10(9(2)18)11(14)19/h8-10,17-18H,3-7H2,1-2H3,(H2,14,19)/t8-,9-,10+,13+/m1/s1. The summed E-state index contributed by atoms with van der Waals surface area (Å²) >= 11 is 0. The number of carbonyl (C=O) groups is 2. The molecule has 0 bridgehead atoms. The highest BCUT2D eigenvalue weighted by atomic mass is 16.3. The summed E-state index contributed by atoms with van der Waals surface area (Å²) in [7, 11) is 0. The van der Waals surface area contributed by atoms with E-state index in [-0.39, 0.29) is 5.91 Å². The van der Waals surface area contributed by atoms with Crippen LogP contribution in [-0.4, -0.2) is 75.3 Å². The lowest BCUT2D eigenvalue weighted by atomic mass is 9.83. The molecule has 0 aliphatic carbocycles. The number of nitrogens with zero attached hydrogens (tertiary/aromatic N) is 2. The van der Waals surface area contributed by atoms with Crippen molar-refractivity contribution in [2.24, 2.45) is 5.73 Å². The first-order valence-electron chi connectivity index (χ1n) is 7.01. The maximum Gasteiger partial charge on any atom is 0.245 e. The Hall–Kier alpha value is -1.18. The van der Waals surface area contributed by atoms with Gasteiger partial charge in [0.05, 0.1) is 12.2 Å². The molecule has 0 aromatic carbocycles. The molecular weight excluding hydrogens is 262 g/mol. The van der Waals surface area contributed by atoms with Crippen LogP contribution < -0.4 is 5.73 Å². The van der Waals surface area contributed by atoms with Gasteiger partial charge in [0.2, 0.25) is 11.8 Å². The molecule has 4 atom stereocenters. The van der Waals surface area contributed by atoms with Crippen molar-refractivity contribution in [2.75, 3.05) is 19.6 Å². The summed E-state index contributed by atoms with van der Waals surface area (Å²) in [6, 6.07) is -0.970. The van der Waals surface area contributed by atoms with Crippen LogP contribution in [-0.2, 0) is 9.59 Å². The minimum Gasteiger partial charge on any atom is -0.392 e. The van der Waals surface area contributed by atoms with Crippen LogP contribution in [0.1, 0.15) is 26.7 Å². The highest BCUT2D eigenvalue weighted by Crippen LogP contribution is 2.40. The summed E-state index contributed by atoms with van der Waals surface area (Å²) in [5.74, 6) is -0.858. The predicted octanol–water partition coefficient (Wildman–Crippen LogP) is -1.72. The maximum absolute atomic E-state index is 12.5. The number of amides is 2. The number of β-amino-alcohol motifs (C(OH)–C–C–N with tert-alkyl or cyclic N) is 1. The molecule has 0 aromatic heterocycles. The first-order valence-corrected chi connectivity index (χ1v) is 7.01. The van der Waals surface area contributed by atoms with Gasteiger partial charge in [-0.2, -0.15) is 0 Å². The first-order chi connectivity index (χ1) is 9.29. The second kappa shape index (κ2) is 5.31. The fourth-order valence-corrected chi connectivity index (χ4v) is 3.41. The van der Waals surface area contributed by atoms with Crippen molar-refractivity contribution in [1.82, 2.24) is 9.80 Å². The van der Waals surface area contributed by atoms with E-state index in [9.17, 15) is 19.8 Å². The van der Waals surface area contributed by atoms with Gasteiger partial charge in [0.15, 0.2) is 0 Å². The molecule has 2 amide bonds. The van der Waals surface area contributed by atoms with Gasteiger partial charge in [0, 0.05) is 13.1 Å². The average Bonchev–Trinajstić information content (AvgIpc) is 2.72. The van der Waals surface area contributed by atoms with Crippen molar-refractivity contribution in [2.45, 2.75) is 50.5 Å². The minimum atomic E-state index is -0.986. The number of rotatable bonds is 5. The van der Waals surface area contributed by atoms with Crippen LogP contribution in [0.15, 0.2) is 0 Å². The number of hydrogen-bond acceptors (Lipinski definition) is 5. The van der Waals surface area contributed by atoms with Gasteiger partial charge >= 0.3 is 0 Å². The van der Waals surface area contributed by atoms with Gasteiger partial charge in [-0.25, -0.2) is 0 Å². The molecule has 2 aliphatic heterocycles. The second-order valence-electron chi connectivity index (χ2n) is 5.95. The van der Waals surface area contributed by atoms with Gasteiger partial charge in [0.25, 0.3) is 0 Å². The Labute approximate surface area is 118 Å². The third-order valence-corrected chi connectivity index (χ3v) is 4.28. The molecule has 4 N–H and O–H groups in total. The van der Waals surface area contributed by atoms with Crippen LogP contribution in [0.2, 0.25) is 0 Å². The number of likely N-dealkylation sites (tertiary alicyclic amines) is 2. The third-order valence-electron chi connectivity index (χ3n) is 4.28. The quantitative estimate of drug-likeness (QED) is 0.521. The molecule has 2 saturated heterocycles. The zero-order valence-electron chi connectivity index (χ0n) is 12.0. The molecule has 2 rings (SSSR count). The highest BCUT2D eigenvalue weighted by molar-refractivity contribution is 5.97. The largest absolute Gasteiger partial charge is 0.392 e. The van der Waals surface area contributed by atoms with Gasteiger partial charge in [-0.3, -0.25) is 14.5 Å². The van der Waals surface area contributed by atoms with Crippen molar-refractivity contribution in [3.05, 3.63) is 0 Å². The Balaban J connectivity index is 2.12. The summed E-state index contributed by atoms with van der Waals surface area (Å²) in [6.07, 6.45) is 0.124. The van der Waals surface area contributed by atoms with Crippen LogP contribution in [0.25, 0.3) is 0 Å². The molecule has 2 aliphatic rings. The van der Waals surface area contributed by atoms with Crippen molar-refractivity contribution >= 4 is 11.8 Å². The molecule has 0 radical (unpaired) electrons. The fourth-order valence-electron chi connectivity index (χ4n) is 3.41. The topological polar surface area (TPSA) is 107 Å². The van der Waals surface area contributed by atoms with E-state index in [4.69, 9.17) is 5.73 Å². The Morgan fingerprint density at radius 1 is 1.45 bits per heavy atom. The molecule has 0 aromatic rings. The van der Waals surface area contributed by atoms with E-state index in [0.29, 0.717) is 13.1 Å². The molecule has 7 nitrogen and oxygen atoms in total. The van der Waals surface area contributed by atoms with Gasteiger partial charge in [-0.1, -0.05) is 0 Å². The van der Waals surface area contributed by atoms with Crippen LogP contribution in [0.4, 0.5) is 0 Å². The molecule has 114 valence electrons. The second-order valence-corrected chi connectivity index (χ2v) is 5.95. The summed E-state index contributed by atoms with van der Waals surface area (Å²) < 4.78 is 0. The number of hydrogen-bond donors (Lipinski definition) is 3. The van der Waals surface area contributed by atoms with E-state index in [1.807, 2.05) is 4.90 Å². The van der Waals surface area contributed by atoms with E-state index in [2.05, 4.69) is 0 Å². The highest BCUT2D eigenvalue weighted by Gasteiger charge is 2.60. The van der Waals surface area contributed by atoms with Gasteiger partial charge in [-0.15, -0.1) is 0 Å². The summed E-state index contributed by atoms with van der Waals surface area (Å²) in [5, 5.41) is 19.2. The monoisotopic (exact) mass is 285 g/mol. The summed E-state index contributed by atoms with van der Waals surface area (Å²) in [4.78, 5) is 27.2. The smallest absolute Gasteiger partial charge is 0.245 e. The minimum absolute atomic E-state index is 0.166. The molecule has 20 heavy (non-hydrogen) atoms. The molecule has 2 heterocycles. The molecule has 1 spiro atoms. The normalized spacial score (nSPS) is 31.2. The Morgan fingerprint density at radius 3 is 2.55 bits per heavy atom. The van der Waals surface area contributed by atoms with Crippen LogP contribution in [0, 0.1) is 0 Å². The Kier molecular flexibility index (Phi) is 4.04. The van der Waals surface area contributed by atoms with E-state index in [1.54, 1.807) is 6.92 Å². The predicted molar refractivity (Wildman–Crippen MR) is 71.6 cm³/mol. The van der Waals surface area contributed by atoms with E-state index in [0.717, 1.165) is 19.4 Å². The number of aliphatic hydroxyl groups excluding tert-OH is 2. The zero-order chi connectivity index (χ0) is 15.1. The lowest BCUT2D eigenvalue weighted by molar-refractivity contribution is -0.173. The van der Waals surface area contributed by atoms with Gasteiger partial charge < -0.3 is 20.8 Å². The summed E-state index contributed by atoms with van der Waals surface area (Å²) in [6.45, 7) is 4.73. The SMILES string of the molecule is C[C@@H](O)CN1CCC[C@@]12CN([C@H](C(N)=O)[C@@H](C)O)C2=O. The van der Waals surface area contributed by atoms with Crippen LogP contribution >= 0.6 is 0 Å². The van der Waals surface area contributed by atoms with E-state index >= 15 is 0 Å². The van der Waals surface area contributed by atoms with Crippen molar-refractivity contribution < 1.29 is 19.8 Å². The average molecular weight is 285 g/mol. The zero-order valence-corrected chi connectivity index (χ0v) is 12.0. The Bertz CT molecular complexity index is 412. The summed E-state index contributed by atoms with van der Waals surface area (Å²) in [5.41, 5.74) is 4.65. The molecule has 7 heteroatoms. The van der Waals surface area contributed by atoms with Gasteiger partial charge in [0.1, 0.15) is 11.6 Å². The molecule has 0 saturated carbocycles. The van der Waals surface area contributed by atoms with E-state index in [1.165, 1.54) is 11.8 Å². The lowest BCUT2D eigenvalue weighted by Crippen LogP contribution is -2.76. The number of primary amides is 1. The number of carbonyl (C=O) groups excluding carboxylic acids is 2. The maximum atomic E-state index is 12.5. The van der Waals surface area contributed by atoms with Crippen molar-refractivity contribution in [3.8, 4) is 0 Å². The van der Waals surface area contributed by atoms with Crippen molar-refractivity contribution in [1.29, 1.82) is 0 Å². The third kappa shape index (κ3) is 2.30. The molecule has 0 unspecified atom stereocenters. The van der Waals surface area contributed by atoms with Crippen LogP contribution in [0.5, 0.6) is 0 Å². The number of aliphatic hydroxyl groups is 2. The van der Waals surface area contributed by atoms with Crippen LogP contribution in [0.3, 0.4) is 0 Å².